The van der Waals surface area contributed by atoms with Crippen LogP contribution in [0.4, 0.5) is 0 Å². The molecule has 0 saturated carbocycles. The molecule has 0 fully saturated rings. The summed E-state index contributed by atoms with van der Waals surface area (Å²) in [7, 11) is -7.39. The molecule has 26 heavy (non-hydrogen) atoms. The van der Waals surface area contributed by atoms with Crippen molar-refractivity contribution in [1.29, 1.82) is 0 Å². The van der Waals surface area contributed by atoms with Gasteiger partial charge in [-0.1, -0.05) is 70.5 Å². The second-order valence-corrected chi connectivity index (χ2v) is 9.36. The third-order valence-corrected chi connectivity index (χ3v) is 7.57. The molecule has 1 atom stereocenters. The van der Waals surface area contributed by atoms with Gasteiger partial charge in [-0.25, -0.2) is 4.21 Å². The van der Waals surface area contributed by atoms with Gasteiger partial charge in [-0.3, -0.25) is 0 Å². The van der Waals surface area contributed by atoms with Crippen LogP contribution in [0.15, 0.2) is 110 Å². The van der Waals surface area contributed by atoms with E-state index in [9.17, 15) is 12.6 Å². The van der Waals surface area contributed by atoms with Crippen LogP contribution in [-0.2, 0) is 19.8 Å². The molecule has 6 heteroatoms. The Morgan fingerprint density at radius 3 is 1.62 bits per heavy atom. The molecule has 0 heterocycles. The molecule has 132 valence electrons. The van der Waals surface area contributed by atoms with Crippen LogP contribution < -0.4 is 0 Å². The van der Waals surface area contributed by atoms with Crippen LogP contribution in [0.25, 0.3) is 6.08 Å². The molecule has 0 saturated heterocycles. The molecule has 0 amide bonds. The monoisotopic (exact) mass is 383 g/mol. The number of hydrogen-bond acceptors (Lipinski definition) is 3. The van der Waals surface area contributed by atoms with Crippen molar-refractivity contribution >= 4 is 25.8 Å². The number of hydrogen-bond donors (Lipinski definition) is 0. The highest BCUT2D eigenvalue weighted by atomic mass is 32.3. The Labute approximate surface area is 154 Å². The van der Waals surface area contributed by atoms with E-state index in [0.29, 0.717) is 4.90 Å². The zero-order chi connectivity index (χ0) is 18.5. The number of benzene rings is 3. The lowest BCUT2D eigenvalue weighted by molar-refractivity contribution is 0.598. The number of nitrogens with zero attached hydrogens (tertiary/aromatic N) is 1. The van der Waals surface area contributed by atoms with Crippen LogP contribution in [0.3, 0.4) is 0 Å². The van der Waals surface area contributed by atoms with Gasteiger partial charge in [0.1, 0.15) is 9.73 Å². The summed E-state index contributed by atoms with van der Waals surface area (Å²) in [5, 5.41) is 1.36. The first-order valence-corrected chi connectivity index (χ1v) is 10.9. The first kappa shape index (κ1) is 18.1. The van der Waals surface area contributed by atoms with Crippen molar-refractivity contribution in [3.8, 4) is 0 Å². The van der Waals surface area contributed by atoms with E-state index in [2.05, 4.69) is 3.77 Å². The van der Waals surface area contributed by atoms with Gasteiger partial charge in [0.25, 0.3) is 10.0 Å². The molecule has 0 bridgehead atoms. The summed E-state index contributed by atoms with van der Waals surface area (Å²) in [5.41, 5.74) is 0.809. The second kappa shape index (κ2) is 7.68. The molecule has 3 aromatic rings. The van der Waals surface area contributed by atoms with Crippen LogP contribution in [0, 0.1) is 0 Å². The second-order valence-electron chi connectivity index (χ2n) is 5.46. The highest BCUT2D eigenvalue weighted by Gasteiger charge is 2.18. The SMILES string of the molecule is O=S(=O)(N=S(=O)(C=Cc1ccccc1)c1ccccc1)c1ccccc1. The zero-order valence-electron chi connectivity index (χ0n) is 13.8. The molecular weight excluding hydrogens is 366 g/mol. The van der Waals surface area contributed by atoms with Crippen LogP contribution in [0.2, 0.25) is 0 Å². The van der Waals surface area contributed by atoms with Crippen molar-refractivity contribution in [3.05, 3.63) is 102 Å². The van der Waals surface area contributed by atoms with E-state index in [1.807, 2.05) is 30.3 Å². The van der Waals surface area contributed by atoms with E-state index < -0.39 is 19.8 Å². The largest absolute Gasteiger partial charge is 0.290 e. The topological polar surface area (TPSA) is 63.6 Å². The lowest BCUT2D eigenvalue weighted by Gasteiger charge is -2.06. The van der Waals surface area contributed by atoms with Crippen molar-refractivity contribution in [2.45, 2.75) is 9.79 Å². The lowest BCUT2D eigenvalue weighted by Crippen LogP contribution is -2.04. The Hall–Kier alpha value is -2.70. The molecule has 0 aliphatic heterocycles. The van der Waals surface area contributed by atoms with Crippen molar-refractivity contribution < 1.29 is 12.6 Å². The predicted octanol–water partition coefficient (Wildman–Crippen LogP) is 4.57. The highest BCUT2D eigenvalue weighted by Crippen LogP contribution is 2.22. The van der Waals surface area contributed by atoms with Crippen molar-refractivity contribution in [2.24, 2.45) is 3.77 Å². The molecular formula is C20H17NO3S2. The van der Waals surface area contributed by atoms with Gasteiger partial charge in [0.2, 0.25) is 0 Å². The molecule has 0 N–H and O–H groups in total. The molecule has 0 radical (unpaired) electrons. The Bertz CT molecular complexity index is 1120. The summed E-state index contributed by atoms with van der Waals surface area (Å²) >= 11 is 0. The van der Waals surface area contributed by atoms with Gasteiger partial charge < -0.3 is 0 Å². The fraction of sp³-hybridized carbons (Fsp3) is 0. The van der Waals surface area contributed by atoms with Crippen molar-refractivity contribution in [3.63, 3.8) is 0 Å². The molecule has 1 unspecified atom stereocenters. The van der Waals surface area contributed by atoms with Crippen molar-refractivity contribution in [1.82, 2.24) is 0 Å². The molecule has 0 aromatic heterocycles. The first-order chi connectivity index (χ1) is 12.5. The summed E-state index contributed by atoms with van der Waals surface area (Å²) in [4.78, 5) is 0.350. The molecule has 0 aliphatic rings. The van der Waals surface area contributed by atoms with Gasteiger partial charge in [0, 0.05) is 5.41 Å². The van der Waals surface area contributed by atoms with Gasteiger partial charge in [0.05, 0.1) is 9.79 Å². The van der Waals surface area contributed by atoms with E-state index >= 15 is 0 Å². The van der Waals surface area contributed by atoms with Crippen LogP contribution in [-0.4, -0.2) is 12.6 Å². The Balaban J connectivity index is 2.16. The number of sulfonamides is 1. The van der Waals surface area contributed by atoms with E-state index in [1.54, 1.807) is 54.6 Å². The van der Waals surface area contributed by atoms with Crippen molar-refractivity contribution in [2.75, 3.05) is 0 Å². The maximum Gasteiger partial charge on any atom is 0.290 e. The van der Waals surface area contributed by atoms with E-state index in [1.165, 1.54) is 17.5 Å². The van der Waals surface area contributed by atoms with Crippen LogP contribution in [0.1, 0.15) is 5.56 Å². The van der Waals surface area contributed by atoms with Gasteiger partial charge in [-0.2, -0.15) is 8.42 Å². The average Bonchev–Trinajstić information content (AvgIpc) is 2.68. The molecule has 0 spiro atoms. The van der Waals surface area contributed by atoms with E-state index in [-0.39, 0.29) is 4.90 Å². The van der Waals surface area contributed by atoms with E-state index in [4.69, 9.17) is 0 Å². The Kier molecular flexibility index (Phi) is 5.35. The fourth-order valence-electron chi connectivity index (χ4n) is 2.28. The van der Waals surface area contributed by atoms with Gasteiger partial charge in [-0.15, -0.1) is 0 Å². The molecule has 4 nitrogen and oxygen atoms in total. The van der Waals surface area contributed by atoms with Gasteiger partial charge in [-0.05, 0) is 35.9 Å². The minimum absolute atomic E-state index is 0.0109. The fourth-order valence-corrected chi connectivity index (χ4v) is 5.88. The van der Waals surface area contributed by atoms with Gasteiger partial charge in [0.15, 0.2) is 0 Å². The third kappa shape index (κ3) is 4.28. The summed E-state index contributed by atoms with van der Waals surface area (Å²) in [5.74, 6) is 0. The Morgan fingerprint density at radius 2 is 1.08 bits per heavy atom. The van der Waals surface area contributed by atoms with Gasteiger partial charge >= 0.3 is 0 Å². The average molecular weight is 383 g/mol. The zero-order valence-corrected chi connectivity index (χ0v) is 15.4. The highest BCUT2D eigenvalue weighted by molar-refractivity contribution is 8.05. The smallest absolute Gasteiger partial charge is 0.239 e. The minimum Gasteiger partial charge on any atom is -0.239 e. The number of rotatable bonds is 5. The third-order valence-electron chi connectivity index (χ3n) is 3.58. The maximum atomic E-state index is 13.5. The summed E-state index contributed by atoms with van der Waals surface area (Å²) in [6, 6.07) is 25.4. The van der Waals surface area contributed by atoms with Crippen LogP contribution >= 0.6 is 0 Å². The molecule has 3 rings (SSSR count). The lowest BCUT2D eigenvalue weighted by atomic mass is 10.2. The summed E-state index contributed by atoms with van der Waals surface area (Å²) in [6.07, 6.45) is 1.62. The van der Waals surface area contributed by atoms with Crippen LogP contribution in [0.5, 0.6) is 0 Å². The molecule has 3 aromatic carbocycles. The standard InChI is InChI=1S/C20H17NO3S2/c22-25(19-12-6-2-7-13-19,17-16-18-10-4-1-5-11-18)21-26(23,24)20-14-8-3-9-15-20/h1-17H. The summed E-state index contributed by atoms with van der Waals surface area (Å²) < 4.78 is 42.6. The normalized spacial score (nSPS) is 14.0. The minimum atomic E-state index is -4.07. The molecule has 0 aliphatic carbocycles. The Morgan fingerprint density at radius 1 is 0.615 bits per heavy atom. The van der Waals surface area contributed by atoms with E-state index in [0.717, 1.165) is 5.56 Å². The predicted molar refractivity (Wildman–Crippen MR) is 104 cm³/mol. The summed E-state index contributed by atoms with van der Waals surface area (Å²) in [6.45, 7) is 0. The quantitative estimate of drug-likeness (QED) is 0.648. The maximum absolute atomic E-state index is 13.5. The first-order valence-electron chi connectivity index (χ1n) is 7.86.